The lowest BCUT2D eigenvalue weighted by atomic mass is 10.4. The number of aliphatic hydroxyl groups is 1. The maximum absolute atomic E-state index is 8.74. The molecule has 0 spiro atoms. The summed E-state index contributed by atoms with van der Waals surface area (Å²) in [5.41, 5.74) is -0.0106. The van der Waals surface area contributed by atoms with Gasteiger partial charge in [0.15, 0.2) is 5.56 Å². The number of rotatable bonds is 4. The van der Waals surface area contributed by atoms with Crippen LogP contribution in [0.4, 0.5) is 0 Å². The minimum Gasteiger partial charge on any atom is -0.375 e. The molecule has 0 heterocycles. The Bertz CT molecular complexity index is 112. The fourth-order valence-corrected chi connectivity index (χ4v) is 0.426. The maximum Gasteiger partial charge on any atom is 0.153 e. The number of ether oxygens (including phenoxy) is 1. The van der Waals surface area contributed by atoms with Gasteiger partial charge in [0.05, 0.1) is 12.7 Å². The molecule has 0 rings (SSSR count). The van der Waals surface area contributed by atoms with Crippen molar-refractivity contribution < 1.29 is 9.84 Å². The van der Waals surface area contributed by atoms with Crippen molar-refractivity contribution in [2.24, 2.45) is 0 Å². The summed E-state index contributed by atoms with van der Waals surface area (Å²) >= 11 is 5.31. The number of hydrogen-bond acceptors (Lipinski definition) is 2. The van der Waals surface area contributed by atoms with E-state index in [-0.39, 0.29) is 6.10 Å². The molecule has 0 fully saturated rings. The Morgan fingerprint density at radius 3 is 2.60 bits per heavy atom. The van der Waals surface area contributed by atoms with Gasteiger partial charge in [-0.15, -0.1) is 0 Å². The molecule has 0 aromatic heterocycles. The van der Waals surface area contributed by atoms with Gasteiger partial charge in [-0.3, -0.25) is 0 Å². The summed E-state index contributed by atoms with van der Waals surface area (Å²) in [6, 6.07) is 0. The molecular formula is C7H13ClO2. The number of alkyl halides is 1. The highest BCUT2D eigenvalue weighted by Crippen LogP contribution is 2.03. The van der Waals surface area contributed by atoms with E-state index in [1.54, 1.807) is 6.92 Å². The Balaban J connectivity index is 3.39. The standard InChI is InChI=1S/C7H13ClO2/c1-5(2)4-10-6(3)7(8)9/h6-7,9H,1,4H2,2-3H3. The van der Waals surface area contributed by atoms with Gasteiger partial charge in [-0.1, -0.05) is 23.8 Å². The lowest BCUT2D eigenvalue weighted by molar-refractivity contribution is 0.0191. The van der Waals surface area contributed by atoms with Crippen molar-refractivity contribution in [3.8, 4) is 0 Å². The molecule has 0 bridgehead atoms. The molecular weight excluding hydrogens is 152 g/mol. The van der Waals surface area contributed by atoms with Crippen molar-refractivity contribution in [1.82, 2.24) is 0 Å². The fourth-order valence-electron chi connectivity index (χ4n) is 0.353. The highest BCUT2D eigenvalue weighted by atomic mass is 35.5. The summed E-state index contributed by atoms with van der Waals surface area (Å²) < 4.78 is 5.08. The summed E-state index contributed by atoms with van der Waals surface area (Å²) in [6.07, 6.45) is -0.335. The van der Waals surface area contributed by atoms with E-state index in [1.165, 1.54) is 0 Å². The fraction of sp³-hybridized carbons (Fsp3) is 0.714. The molecule has 2 nitrogen and oxygen atoms in total. The Hall–Kier alpha value is -0.0500. The molecule has 0 saturated heterocycles. The first-order valence-corrected chi connectivity index (χ1v) is 3.56. The van der Waals surface area contributed by atoms with E-state index < -0.39 is 5.56 Å². The molecule has 0 aliphatic carbocycles. The van der Waals surface area contributed by atoms with Gasteiger partial charge in [-0.25, -0.2) is 0 Å². The molecule has 0 aliphatic rings. The van der Waals surface area contributed by atoms with Crippen LogP contribution in [0.2, 0.25) is 0 Å². The van der Waals surface area contributed by atoms with E-state index in [0.717, 1.165) is 5.57 Å². The summed E-state index contributed by atoms with van der Waals surface area (Å²) in [4.78, 5) is 0. The maximum atomic E-state index is 8.74. The average Bonchev–Trinajstić information content (AvgIpc) is 1.82. The third kappa shape index (κ3) is 4.79. The number of aliphatic hydroxyl groups excluding tert-OH is 1. The van der Waals surface area contributed by atoms with Gasteiger partial charge in [0, 0.05) is 0 Å². The molecule has 0 amide bonds. The van der Waals surface area contributed by atoms with Crippen molar-refractivity contribution in [2.45, 2.75) is 25.5 Å². The van der Waals surface area contributed by atoms with Gasteiger partial charge in [-0.05, 0) is 13.8 Å². The van der Waals surface area contributed by atoms with Gasteiger partial charge in [0.25, 0.3) is 0 Å². The topological polar surface area (TPSA) is 29.5 Å². The van der Waals surface area contributed by atoms with Crippen LogP contribution in [0.5, 0.6) is 0 Å². The Kier molecular flexibility index (Phi) is 4.69. The highest BCUT2D eigenvalue weighted by molar-refractivity contribution is 6.19. The van der Waals surface area contributed by atoms with Crippen molar-refractivity contribution in [2.75, 3.05) is 6.61 Å². The molecule has 0 radical (unpaired) electrons. The second-order valence-electron chi connectivity index (χ2n) is 2.35. The van der Waals surface area contributed by atoms with E-state index in [0.29, 0.717) is 6.61 Å². The first-order chi connectivity index (χ1) is 4.54. The minimum absolute atomic E-state index is 0.335. The third-order valence-electron chi connectivity index (χ3n) is 0.980. The summed E-state index contributed by atoms with van der Waals surface area (Å²) in [5.74, 6) is 0. The van der Waals surface area contributed by atoms with Crippen LogP contribution in [0.1, 0.15) is 13.8 Å². The van der Waals surface area contributed by atoms with E-state index in [4.69, 9.17) is 21.4 Å². The zero-order valence-corrected chi connectivity index (χ0v) is 7.06. The normalized spacial score (nSPS) is 16.4. The largest absolute Gasteiger partial charge is 0.375 e. The zero-order valence-electron chi connectivity index (χ0n) is 6.30. The van der Waals surface area contributed by atoms with Crippen LogP contribution < -0.4 is 0 Å². The molecule has 2 atom stereocenters. The van der Waals surface area contributed by atoms with E-state index in [9.17, 15) is 0 Å². The Morgan fingerprint density at radius 2 is 2.30 bits per heavy atom. The summed E-state index contributed by atoms with van der Waals surface area (Å²) in [7, 11) is 0. The van der Waals surface area contributed by atoms with Gasteiger partial charge in [0.1, 0.15) is 0 Å². The van der Waals surface area contributed by atoms with E-state index >= 15 is 0 Å². The van der Waals surface area contributed by atoms with Gasteiger partial charge < -0.3 is 9.84 Å². The van der Waals surface area contributed by atoms with Crippen LogP contribution in [0.25, 0.3) is 0 Å². The van der Waals surface area contributed by atoms with Crippen molar-refractivity contribution in [3.05, 3.63) is 12.2 Å². The van der Waals surface area contributed by atoms with Gasteiger partial charge in [0.2, 0.25) is 0 Å². The first-order valence-electron chi connectivity index (χ1n) is 3.12. The number of halogens is 1. The second-order valence-corrected chi connectivity index (χ2v) is 2.79. The van der Waals surface area contributed by atoms with Gasteiger partial charge in [-0.2, -0.15) is 0 Å². The molecule has 10 heavy (non-hydrogen) atoms. The van der Waals surface area contributed by atoms with Crippen LogP contribution in [0.3, 0.4) is 0 Å². The molecule has 0 aromatic carbocycles. The third-order valence-corrected chi connectivity index (χ3v) is 1.33. The second kappa shape index (κ2) is 4.72. The Morgan fingerprint density at radius 1 is 1.80 bits per heavy atom. The lowest BCUT2D eigenvalue weighted by Gasteiger charge is -2.13. The molecule has 0 aromatic rings. The van der Waals surface area contributed by atoms with Crippen LogP contribution in [-0.2, 0) is 4.74 Å². The van der Waals surface area contributed by atoms with Crippen LogP contribution >= 0.6 is 11.6 Å². The molecule has 1 N–H and O–H groups in total. The molecule has 60 valence electrons. The van der Waals surface area contributed by atoms with Crippen molar-refractivity contribution in [1.29, 1.82) is 0 Å². The Labute approximate surface area is 66.5 Å². The van der Waals surface area contributed by atoms with Crippen LogP contribution in [0.15, 0.2) is 12.2 Å². The van der Waals surface area contributed by atoms with Crippen molar-refractivity contribution in [3.63, 3.8) is 0 Å². The highest BCUT2D eigenvalue weighted by Gasteiger charge is 2.09. The van der Waals surface area contributed by atoms with Crippen LogP contribution in [0, 0.1) is 0 Å². The minimum atomic E-state index is -0.931. The monoisotopic (exact) mass is 164 g/mol. The van der Waals surface area contributed by atoms with Crippen molar-refractivity contribution >= 4 is 11.6 Å². The molecule has 3 heteroatoms. The summed E-state index contributed by atoms with van der Waals surface area (Å²) in [6.45, 7) is 7.65. The molecule has 0 aliphatic heterocycles. The first kappa shape index (κ1) is 9.95. The van der Waals surface area contributed by atoms with E-state index in [2.05, 4.69) is 6.58 Å². The molecule has 0 saturated carbocycles. The predicted molar refractivity (Wildman–Crippen MR) is 42.1 cm³/mol. The molecule has 2 unspecified atom stereocenters. The number of hydrogen-bond donors (Lipinski definition) is 1. The van der Waals surface area contributed by atoms with Gasteiger partial charge >= 0.3 is 0 Å². The quantitative estimate of drug-likeness (QED) is 0.505. The van der Waals surface area contributed by atoms with E-state index in [1.807, 2.05) is 6.92 Å². The summed E-state index contributed by atoms with van der Waals surface area (Å²) in [5, 5.41) is 8.74. The average molecular weight is 165 g/mol. The smallest absolute Gasteiger partial charge is 0.153 e. The SMILES string of the molecule is C=C(C)COC(C)C(O)Cl. The zero-order chi connectivity index (χ0) is 8.15. The predicted octanol–water partition coefficient (Wildman–Crippen LogP) is 1.52. The lowest BCUT2D eigenvalue weighted by Crippen LogP contribution is -2.21. The van der Waals surface area contributed by atoms with Crippen LogP contribution in [-0.4, -0.2) is 23.4 Å².